The number of aryl methyl sites for hydroxylation is 2. The lowest BCUT2D eigenvalue weighted by Gasteiger charge is -2.15. The molecule has 0 amide bonds. The topological polar surface area (TPSA) is 24.9 Å². The first-order valence-corrected chi connectivity index (χ1v) is 6.41. The maximum absolute atomic E-state index is 13.6. The van der Waals surface area contributed by atoms with Crippen LogP contribution in [0.25, 0.3) is 10.9 Å². The van der Waals surface area contributed by atoms with E-state index in [-0.39, 0.29) is 5.82 Å². The van der Waals surface area contributed by atoms with Gasteiger partial charge in [0.1, 0.15) is 5.82 Å². The fourth-order valence-electron chi connectivity index (χ4n) is 2.29. The SMILES string of the molecule is CCNc1c(C)c(CC)nc2cc(F)c(C)cc12. The molecule has 2 rings (SSSR count). The van der Waals surface area contributed by atoms with Crippen LogP contribution >= 0.6 is 0 Å². The van der Waals surface area contributed by atoms with E-state index in [1.165, 1.54) is 6.07 Å². The second-order valence-corrected chi connectivity index (χ2v) is 4.56. The standard InChI is InChI=1S/C15H19FN2/c1-5-13-10(4)15(17-6-2)11-7-9(3)12(16)8-14(11)18-13/h7-8H,5-6H2,1-4H3,(H,17,18). The molecule has 2 nitrogen and oxygen atoms in total. The average molecular weight is 246 g/mol. The van der Waals surface area contributed by atoms with Crippen LogP contribution in [0.15, 0.2) is 12.1 Å². The summed E-state index contributed by atoms with van der Waals surface area (Å²) in [6, 6.07) is 3.41. The molecule has 96 valence electrons. The Morgan fingerprint density at radius 3 is 2.56 bits per heavy atom. The summed E-state index contributed by atoms with van der Waals surface area (Å²) in [7, 11) is 0. The van der Waals surface area contributed by atoms with Crippen LogP contribution in [-0.2, 0) is 6.42 Å². The average Bonchev–Trinajstić information content (AvgIpc) is 2.35. The number of halogens is 1. The van der Waals surface area contributed by atoms with Gasteiger partial charge in [0.05, 0.1) is 5.52 Å². The minimum atomic E-state index is -0.191. The number of anilines is 1. The van der Waals surface area contributed by atoms with Crippen LogP contribution in [-0.4, -0.2) is 11.5 Å². The van der Waals surface area contributed by atoms with E-state index < -0.39 is 0 Å². The first-order valence-electron chi connectivity index (χ1n) is 6.41. The van der Waals surface area contributed by atoms with Crippen LogP contribution in [0.4, 0.5) is 10.1 Å². The smallest absolute Gasteiger partial charge is 0.128 e. The Hall–Kier alpha value is -1.64. The van der Waals surface area contributed by atoms with Gasteiger partial charge in [-0.15, -0.1) is 0 Å². The van der Waals surface area contributed by atoms with Gasteiger partial charge >= 0.3 is 0 Å². The Balaban J connectivity index is 2.81. The molecule has 3 heteroatoms. The molecular weight excluding hydrogens is 227 g/mol. The Morgan fingerprint density at radius 2 is 1.94 bits per heavy atom. The molecule has 18 heavy (non-hydrogen) atoms. The molecule has 0 spiro atoms. The zero-order chi connectivity index (χ0) is 13.3. The van der Waals surface area contributed by atoms with E-state index >= 15 is 0 Å². The summed E-state index contributed by atoms with van der Waals surface area (Å²) in [4.78, 5) is 4.56. The molecule has 1 aromatic heterocycles. The maximum atomic E-state index is 13.6. The molecule has 0 fully saturated rings. The lowest BCUT2D eigenvalue weighted by atomic mass is 10.0. The van der Waals surface area contributed by atoms with E-state index in [0.717, 1.165) is 40.8 Å². The van der Waals surface area contributed by atoms with Gasteiger partial charge in [0, 0.05) is 29.4 Å². The number of nitrogens with zero attached hydrogens (tertiary/aromatic N) is 1. The number of aromatic nitrogens is 1. The zero-order valence-electron chi connectivity index (χ0n) is 11.4. The number of rotatable bonds is 3. The van der Waals surface area contributed by atoms with Gasteiger partial charge in [-0.25, -0.2) is 4.39 Å². The number of fused-ring (bicyclic) bond motifs is 1. The van der Waals surface area contributed by atoms with Gasteiger partial charge in [0.25, 0.3) is 0 Å². The summed E-state index contributed by atoms with van der Waals surface area (Å²) in [5, 5.41) is 4.38. The van der Waals surface area contributed by atoms with Gasteiger partial charge in [-0.1, -0.05) is 6.92 Å². The van der Waals surface area contributed by atoms with Crippen molar-refractivity contribution in [2.24, 2.45) is 0 Å². The molecule has 0 aliphatic carbocycles. The van der Waals surface area contributed by atoms with Crippen molar-refractivity contribution in [3.8, 4) is 0 Å². The largest absolute Gasteiger partial charge is 0.385 e. The van der Waals surface area contributed by atoms with Crippen molar-refractivity contribution in [3.05, 3.63) is 34.8 Å². The Morgan fingerprint density at radius 1 is 1.22 bits per heavy atom. The number of hydrogen-bond donors (Lipinski definition) is 1. The summed E-state index contributed by atoms with van der Waals surface area (Å²) in [5.41, 5.74) is 4.67. The predicted octanol–water partition coefficient (Wildman–Crippen LogP) is 3.98. The highest BCUT2D eigenvalue weighted by molar-refractivity contribution is 5.94. The van der Waals surface area contributed by atoms with E-state index in [4.69, 9.17) is 0 Å². The minimum Gasteiger partial charge on any atom is -0.385 e. The number of pyridine rings is 1. The first kappa shape index (κ1) is 12.8. The highest BCUT2D eigenvalue weighted by Crippen LogP contribution is 2.30. The first-order chi connectivity index (χ1) is 8.58. The predicted molar refractivity (Wildman–Crippen MR) is 74.7 cm³/mol. The molecule has 1 aromatic carbocycles. The molecule has 0 aliphatic heterocycles. The lowest BCUT2D eigenvalue weighted by Crippen LogP contribution is -2.05. The maximum Gasteiger partial charge on any atom is 0.128 e. The second-order valence-electron chi connectivity index (χ2n) is 4.56. The molecule has 0 bridgehead atoms. The van der Waals surface area contributed by atoms with Crippen LogP contribution in [0.3, 0.4) is 0 Å². The van der Waals surface area contributed by atoms with Gasteiger partial charge in [-0.05, 0) is 44.4 Å². The van der Waals surface area contributed by atoms with E-state index in [0.29, 0.717) is 5.56 Å². The third-order valence-electron chi connectivity index (χ3n) is 3.30. The second kappa shape index (κ2) is 4.92. The van der Waals surface area contributed by atoms with Crippen LogP contribution < -0.4 is 5.32 Å². The lowest BCUT2D eigenvalue weighted by molar-refractivity contribution is 0.620. The third kappa shape index (κ3) is 2.05. The number of hydrogen-bond acceptors (Lipinski definition) is 2. The van der Waals surface area contributed by atoms with Crippen molar-refractivity contribution in [1.29, 1.82) is 0 Å². The fraction of sp³-hybridized carbons (Fsp3) is 0.400. The molecular formula is C15H19FN2. The van der Waals surface area contributed by atoms with Crippen LogP contribution in [0.5, 0.6) is 0 Å². The molecule has 1 N–H and O–H groups in total. The summed E-state index contributed by atoms with van der Waals surface area (Å²) >= 11 is 0. The number of benzene rings is 1. The normalized spacial score (nSPS) is 10.9. The highest BCUT2D eigenvalue weighted by atomic mass is 19.1. The van der Waals surface area contributed by atoms with E-state index in [1.807, 2.05) is 6.07 Å². The van der Waals surface area contributed by atoms with Crippen LogP contribution in [0.2, 0.25) is 0 Å². The molecule has 0 unspecified atom stereocenters. The summed E-state index contributed by atoms with van der Waals surface area (Å²) in [5.74, 6) is -0.191. The van der Waals surface area contributed by atoms with E-state index in [2.05, 4.69) is 31.1 Å². The fourth-order valence-corrected chi connectivity index (χ4v) is 2.29. The molecule has 0 saturated carbocycles. The van der Waals surface area contributed by atoms with Crippen molar-refractivity contribution in [3.63, 3.8) is 0 Å². The van der Waals surface area contributed by atoms with Gasteiger partial charge in [0.2, 0.25) is 0 Å². The van der Waals surface area contributed by atoms with Crippen molar-refractivity contribution in [2.45, 2.75) is 34.1 Å². The van der Waals surface area contributed by atoms with Crippen LogP contribution in [0.1, 0.15) is 30.7 Å². The van der Waals surface area contributed by atoms with E-state index in [1.54, 1.807) is 6.92 Å². The van der Waals surface area contributed by atoms with Gasteiger partial charge in [-0.2, -0.15) is 0 Å². The molecule has 0 aliphatic rings. The third-order valence-corrected chi connectivity index (χ3v) is 3.30. The van der Waals surface area contributed by atoms with Crippen molar-refractivity contribution < 1.29 is 4.39 Å². The molecule has 0 saturated heterocycles. The highest BCUT2D eigenvalue weighted by Gasteiger charge is 2.12. The van der Waals surface area contributed by atoms with Gasteiger partial charge in [0.15, 0.2) is 0 Å². The zero-order valence-corrected chi connectivity index (χ0v) is 11.4. The molecule has 2 aromatic rings. The van der Waals surface area contributed by atoms with Crippen molar-refractivity contribution >= 4 is 16.6 Å². The van der Waals surface area contributed by atoms with Crippen molar-refractivity contribution in [1.82, 2.24) is 4.98 Å². The molecule has 1 heterocycles. The van der Waals surface area contributed by atoms with Gasteiger partial charge in [-0.3, -0.25) is 4.98 Å². The quantitative estimate of drug-likeness (QED) is 0.886. The Bertz CT molecular complexity index is 591. The Labute approximate surface area is 107 Å². The molecule has 0 atom stereocenters. The number of nitrogens with one attached hydrogen (secondary N) is 1. The minimum absolute atomic E-state index is 0.191. The van der Waals surface area contributed by atoms with Gasteiger partial charge < -0.3 is 5.32 Å². The van der Waals surface area contributed by atoms with E-state index in [9.17, 15) is 4.39 Å². The van der Waals surface area contributed by atoms with Crippen molar-refractivity contribution in [2.75, 3.05) is 11.9 Å². The monoisotopic (exact) mass is 246 g/mol. The summed E-state index contributed by atoms with van der Waals surface area (Å²) in [6.07, 6.45) is 0.857. The Kier molecular flexibility index (Phi) is 3.50. The van der Waals surface area contributed by atoms with Crippen LogP contribution in [0, 0.1) is 19.7 Å². The summed E-state index contributed by atoms with van der Waals surface area (Å²) in [6.45, 7) is 8.84. The summed E-state index contributed by atoms with van der Waals surface area (Å²) < 4.78 is 13.6. The molecule has 0 radical (unpaired) electrons.